The van der Waals surface area contributed by atoms with Crippen molar-refractivity contribution in [3.8, 4) is 22.8 Å². The molecular weight excluding hydrogens is 780 g/mol. The third kappa shape index (κ3) is 13.7. The van der Waals surface area contributed by atoms with E-state index in [1.165, 1.54) is 48.5 Å². The maximum absolute atomic E-state index is 13.6. The molecule has 59 heavy (non-hydrogen) atoms. The fourth-order valence-corrected chi connectivity index (χ4v) is 5.72. The number of amides is 4. The van der Waals surface area contributed by atoms with Crippen LogP contribution in [0.1, 0.15) is 90.6 Å². The molecule has 20 nitrogen and oxygen atoms in total. The van der Waals surface area contributed by atoms with E-state index in [1.54, 1.807) is 6.92 Å². The number of esters is 1. The highest BCUT2D eigenvalue weighted by Gasteiger charge is 2.34. The Labute approximate surface area is 336 Å². The summed E-state index contributed by atoms with van der Waals surface area (Å²) in [5.41, 5.74) is -0.244. The summed E-state index contributed by atoms with van der Waals surface area (Å²) >= 11 is 0. The maximum atomic E-state index is 13.6. The van der Waals surface area contributed by atoms with E-state index in [0.717, 1.165) is 30.9 Å². The van der Waals surface area contributed by atoms with Crippen molar-refractivity contribution in [3.05, 3.63) is 71.5 Å². The number of carbonyl (C=O) groups excluding carboxylic acids is 6. The third-order valence-corrected chi connectivity index (χ3v) is 8.50. The van der Waals surface area contributed by atoms with Crippen LogP contribution in [0.2, 0.25) is 0 Å². The van der Waals surface area contributed by atoms with Gasteiger partial charge >= 0.3 is 29.8 Å². The van der Waals surface area contributed by atoms with E-state index in [0.29, 0.717) is 12.8 Å². The van der Waals surface area contributed by atoms with E-state index >= 15 is 0 Å². The Hall–Kier alpha value is -7.25. The Bertz CT molecular complexity index is 2030. The Kier molecular flexibility index (Phi) is 17.6. The largest absolute Gasteiger partial charge is 0.481 e. The van der Waals surface area contributed by atoms with Gasteiger partial charge in [-0.05, 0) is 49.2 Å². The number of carboxylic acids is 3. The first-order chi connectivity index (χ1) is 28.1. The molecule has 20 heteroatoms. The summed E-state index contributed by atoms with van der Waals surface area (Å²) in [7, 11) is 0. The third-order valence-electron chi connectivity index (χ3n) is 8.50. The molecular formula is C39H44N4O16. The van der Waals surface area contributed by atoms with Crippen molar-refractivity contribution in [2.45, 2.75) is 71.4 Å². The number of carboxylic acid groups (broad SMARTS) is 3. The molecule has 0 bridgehead atoms. The molecule has 0 aliphatic carbocycles. The number of hydrogen-bond donors (Lipinski definition) is 6. The van der Waals surface area contributed by atoms with Crippen LogP contribution in [0.3, 0.4) is 0 Å². The average molecular weight is 825 g/mol. The lowest BCUT2D eigenvalue weighted by molar-refractivity contribution is -0.171. The van der Waals surface area contributed by atoms with E-state index in [4.69, 9.17) is 28.9 Å². The highest BCUT2D eigenvalue weighted by atomic mass is 16.7. The van der Waals surface area contributed by atoms with Crippen LogP contribution in [0, 0.1) is 5.92 Å². The highest BCUT2D eigenvalue weighted by Crippen LogP contribution is 2.30. The van der Waals surface area contributed by atoms with Gasteiger partial charge in [-0.1, -0.05) is 51.3 Å². The molecule has 6 N–H and O–H groups in total. The van der Waals surface area contributed by atoms with E-state index in [1.807, 2.05) is 6.92 Å². The van der Waals surface area contributed by atoms with Crippen LogP contribution in [0.25, 0.3) is 11.3 Å². The fraction of sp³-hybridized carbons (Fsp3) is 0.359. The van der Waals surface area contributed by atoms with Crippen molar-refractivity contribution in [1.82, 2.24) is 21.0 Å². The lowest BCUT2D eigenvalue weighted by atomic mass is 9.90. The summed E-state index contributed by atoms with van der Waals surface area (Å²) in [4.78, 5) is 116. The Morgan fingerprint density at radius 3 is 2.20 bits per heavy atom. The molecule has 0 radical (unpaired) electrons. The summed E-state index contributed by atoms with van der Waals surface area (Å²) < 4.78 is 16.0. The Morgan fingerprint density at radius 2 is 1.58 bits per heavy atom. The number of hydrogen-bond acceptors (Lipinski definition) is 13. The van der Waals surface area contributed by atoms with E-state index in [2.05, 4.69) is 16.0 Å². The molecule has 0 unspecified atom stereocenters. The number of nitrogens with zero attached hydrogens (tertiary/aromatic N) is 1. The van der Waals surface area contributed by atoms with Gasteiger partial charge in [-0.15, -0.1) is 0 Å². The van der Waals surface area contributed by atoms with Crippen molar-refractivity contribution in [3.63, 3.8) is 0 Å². The molecule has 0 saturated carbocycles. The van der Waals surface area contributed by atoms with Gasteiger partial charge in [0.25, 0.3) is 11.8 Å². The molecule has 4 amide bonds. The first-order valence-corrected chi connectivity index (χ1v) is 18.2. The monoisotopic (exact) mass is 824 g/mol. The SMILES string of the molecule is CCCCC[C@@H](C(=O)NCNC(=O)c1ccc(-c2ccc(C(=O)N[C@@H](CC(=O)O)C(=O)O)c(OCC(=O)O)c2)o1)[C@@H](CC)N(C=O)OC(=O)c1ccccc1OC(C)=O. The normalized spacial score (nSPS) is 12.1. The second kappa shape index (κ2) is 22.5. The quantitative estimate of drug-likeness (QED) is 0.0189. The number of benzene rings is 2. The summed E-state index contributed by atoms with van der Waals surface area (Å²) in [5.74, 6) is -10.0. The second-order valence-electron chi connectivity index (χ2n) is 12.8. The predicted octanol–water partition coefficient (Wildman–Crippen LogP) is 3.00. The molecule has 1 heterocycles. The van der Waals surface area contributed by atoms with Crippen molar-refractivity contribution in [1.29, 1.82) is 0 Å². The van der Waals surface area contributed by atoms with Gasteiger partial charge in [0.15, 0.2) is 12.4 Å². The number of hydroxylamine groups is 2. The van der Waals surface area contributed by atoms with Gasteiger partial charge in [0.1, 0.15) is 28.9 Å². The molecule has 0 aliphatic heterocycles. The van der Waals surface area contributed by atoms with Gasteiger partial charge in [0, 0.05) is 12.5 Å². The van der Waals surface area contributed by atoms with Crippen LogP contribution < -0.4 is 25.4 Å². The van der Waals surface area contributed by atoms with Gasteiger partial charge in [-0.25, -0.2) is 14.4 Å². The summed E-state index contributed by atoms with van der Waals surface area (Å²) in [6, 6.07) is 9.41. The molecule has 0 fully saturated rings. The van der Waals surface area contributed by atoms with Crippen molar-refractivity contribution in [2.75, 3.05) is 13.3 Å². The second-order valence-corrected chi connectivity index (χ2v) is 12.8. The average Bonchev–Trinajstić information content (AvgIpc) is 3.69. The zero-order valence-corrected chi connectivity index (χ0v) is 32.3. The number of nitrogens with one attached hydrogen (secondary N) is 3. The number of rotatable bonds is 24. The topological polar surface area (TPSA) is 294 Å². The van der Waals surface area contributed by atoms with Crippen LogP contribution in [0.15, 0.2) is 59.0 Å². The minimum Gasteiger partial charge on any atom is -0.481 e. The number of ether oxygens (including phenoxy) is 2. The van der Waals surface area contributed by atoms with Crippen LogP contribution >= 0.6 is 0 Å². The smallest absolute Gasteiger partial charge is 0.367 e. The molecule has 0 spiro atoms. The molecule has 3 aromatic rings. The predicted molar refractivity (Wildman–Crippen MR) is 202 cm³/mol. The zero-order valence-electron chi connectivity index (χ0n) is 32.3. The number of para-hydroxylation sites is 1. The van der Waals surface area contributed by atoms with Gasteiger partial charge in [-0.2, -0.15) is 5.06 Å². The maximum Gasteiger partial charge on any atom is 0.367 e. The fourth-order valence-electron chi connectivity index (χ4n) is 5.72. The Balaban J connectivity index is 1.74. The molecule has 0 saturated heterocycles. The van der Waals surface area contributed by atoms with Gasteiger partial charge in [0.05, 0.1) is 30.6 Å². The van der Waals surface area contributed by atoms with Crippen LogP contribution in [-0.2, 0) is 33.6 Å². The zero-order chi connectivity index (χ0) is 43.6. The first kappa shape index (κ1) is 46.1. The Morgan fingerprint density at radius 1 is 0.847 bits per heavy atom. The lowest BCUT2D eigenvalue weighted by Gasteiger charge is -2.32. The summed E-state index contributed by atoms with van der Waals surface area (Å²) in [6.07, 6.45) is 1.99. The molecule has 0 aliphatic rings. The molecule has 3 rings (SSSR count). The minimum atomic E-state index is -1.80. The first-order valence-electron chi connectivity index (χ1n) is 18.2. The van der Waals surface area contributed by atoms with E-state index in [-0.39, 0.29) is 59.2 Å². The van der Waals surface area contributed by atoms with Crippen molar-refractivity contribution >= 4 is 54.0 Å². The van der Waals surface area contributed by atoms with Crippen LogP contribution in [0.4, 0.5) is 0 Å². The van der Waals surface area contributed by atoms with Crippen molar-refractivity contribution < 1.29 is 77.2 Å². The van der Waals surface area contributed by atoms with Gasteiger partial charge in [-0.3, -0.25) is 28.8 Å². The van der Waals surface area contributed by atoms with E-state index in [9.17, 15) is 48.3 Å². The molecule has 316 valence electrons. The van der Waals surface area contributed by atoms with Gasteiger partial charge < -0.3 is 50.0 Å². The van der Waals surface area contributed by atoms with Crippen LogP contribution in [-0.4, -0.2) is 99.7 Å². The number of carbonyl (C=O) groups is 9. The standard InChI is InChI=1S/C39H44N4O16/c1-4-6-7-10-24(28(5-2)43(21-44)59-39(55)26-11-8-9-12-30(26)57-22(3)45)35(50)40-20-41-37(52)31-16-15-29(58-31)23-13-14-25(32(17-23)56-19-34(48)49)36(51)42-27(38(53)54)18-33(46)47/h8-9,11-17,21,24,27-28H,4-7,10,18-20H2,1-3H3,(H,40,50)(H,41,52)(H,42,51)(H,46,47)(H,48,49)(H,53,54)/t24-,27+,28-/m1/s1. The van der Waals surface area contributed by atoms with Gasteiger partial charge in [0.2, 0.25) is 12.3 Å². The van der Waals surface area contributed by atoms with Crippen molar-refractivity contribution in [2.24, 2.45) is 5.92 Å². The summed E-state index contributed by atoms with van der Waals surface area (Å²) in [5, 5.41) is 35.3. The number of aliphatic carboxylic acids is 3. The summed E-state index contributed by atoms with van der Waals surface area (Å²) in [6.45, 7) is 3.53. The molecule has 3 atom stereocenters. The van der Waals surface area contributed by atoms with E-state index < -0.39 is 78.6 Å². The lowest BCUT2D eigenvalue weighted by Crippen LogP contribution is -2.49. The molecule has 2 aromatic carbocycles. The number of furan rings is 1. The number of unbranched alkanes of at least 4 members (excludes halogenated alkanes) is 2. The van der Waals surface area contributed by atoms with Crippen LogP contribution in [0.5, 0.6) is 11.5 Å². The highest BCUT2D eigenvalue weighted by molar-refractivity contribution is 6.00. The molecule has 1 aromatic heterocycles. The minimum absolute atomic E-state index is 0.0568.